The van der Waals surface area contributed by atoms with Crippen molar-refractivity contribution in [2.45, 2.75) is 6.42 Å². The highest BCUT2D eigenvalue weighted by atomic mass is 32.1. The summed E-state index contributed by atoms with van der Waals surface area (Å²) < 4.78 is 10.7. The van der Waals surface area contributed by atoms with Gasteiger partial charge in [-0.3, -0.25) is 5.32 Å². The van der Waals surface area contributed by atoms with E-state index in [0.29, 0.717) is 46.6 Å². The third kappa shape index (κ3) is 5.50. The number of aromatic nitrogens is 3. The van der Waals surface area contributed by atoms with Crippen LogP contribution in [0, 0.1) is 0 Å². The molecule has 0 saturated carbocycles. The third-order valence-electron chi connectivity index (χ3n) is 4.72. The predicted octanol–water partition coefficient (Wildman–Crippen LogP) is 3.20. The molecular formula is C22H21BN6O3S. The molecule has 4 rings (SSSR count). The Hall–Kier alpha value is -3.86. The van der Waals surface area contributed by atoms with Crippen molar-refractivity contribution in [2.24, 2.45) is 0 Å². The zero-order valence-electron chi connectivity index (χ0n) is 18.1. The second kappa shape index (κ2) is 10.2. The minimum Gasteiger partial charge on any atom is -0.493 e. The topological polar surface area (TPSA) is 110 Å². The van der Waals surface area contributed by atoms with Gasteiger partial charge in [0, 0.05) is 41.2 Å². The average Bonchev–Trinajstić information content (AvgIpc) is 3.25. The number of fused-ring (bicyclic) bond motifs is 1. The highest BCUT2D eigenvalue weighted by molar-refractivity contribution is 7.15. The predicted molar refractivity (Wildman–Crippen MR) is 131 cm³/mol. The van der Waals surface area contributed by atoms with E-state index in [1.807, 2.05) is 12.1 Å². The second-order valence-electron chi connectivity index (χ2n) is 6.96. The number of ether oxygens (including phenoxy) is 2. The molecule has 4 aromatic rings. The number of carbonyl (C=O) groups is 1. The number of hydrogen-bond donors (Lipinski definition) is 3. The van der Waals surface area contributed by atoms with Crippen molar-refractivity contribution >= 4 is 58.2 Å². The van der Waals surface area contributed by atoms with Crippen LogP contribution in [0.4, 0.5) is 21.4 Å². The molecule has 0 atom stereocenters. The summed E-state index contributed by atoms with van der Waals surface area (Å²) in [4.78, 5) is 26.1. The molecule has 166 valence electrons. The van der Waals surface area contributed by atoms with E-state index < -0.39 is 0 Å². The fraction of sp³-hybridized carbons (Fsp3) is 0.182. The van der Waals surface area contributed by atoms with Crippen LogP contribution in [-0.4, -0.2) is 49.6 Å². The minimum atomic E-state index is -0.378. The fourth-order valence-electron chi connectivity index (χ4n) is 3.18. The Bertz CT molecular complexity index is 1280. The zero-order chi connectivity index (χ0) is 23.2. The van der Waals surface area contributed by atoms with E-state index in [0.717, 1.165) is 15.8 Å². The molecule has 0 aliphatic heterocycles. The van der Waals surface area contributed by atoms with Crippen LogP contribution in [0.2, 0.25) is 0 Å². The van der Waals surface area contributed by atoms with Crippen molar-refractivity contribution in [1.29, 1.82) is 0 Å². The average molecular weight is 460 g/mol. The molecule has 2 radical (unpaired) electrons. The molecule has 0 spiro atoms. The molecule has 0 saturated heterocycles. The lowest BCUT2D eigenvalue weighted by Crippen LogP contribution is -2.20. The van der Waals surface area contributed by atoms with Gasteiger partial charge in [0.15, 0.2) is 16.6 Å². The molecule has 0 unspecified atom stereocenters. The number of carbonyl (C=O) groups excluding carboxylic acids is 1. The van der Waals surface area contributed by atoms with Crippen molar-refractivity contribution in [3.05, 3.63) is 53.8 Å². The number of thiazole rings is 1. The van der Waals surface area contributed by atoms with Crippen LogP contribution < -0.4 is 30.9 Å². The van der Waals surface area contributed by atoms with Crippen LogP contribution in [0.5, 0.6) is 11.5 Å². The van der Waals surface area contributed by atoms with E-state index in [1.54, 1.807) is 44.7 Å². The van der Waals surface area contributed by atoms with Crippen molar-refractivity contribution in [2.75, 3.05) is 36.7 Å². The number of nitrogens with zero attached hydrogens (tertiary/aromatic N) is 3. The summed E-state index contributed by atoms with van der Waals surface area (Å²) in [6.07, 6.45) is 3.95. The van der Waals surface area contributed by atoms with Crippen LogP contribution in [0.25, 0.3) is 10.9 Å². The third-order valence-corrected chi connectivity index (χ3v) is 5.70. The SMILES string of the molecule is [B]c1cccc(NC(=O)Nc2ncc(CCNc3ncnc4cc(OC)c(OC)cc34)s2)c1. The van der Waals surface area contributed by atoms with E-state index in [-0.39, 0.29) is 6.03 Å². The standard InChI is InChI=1S/C22H21BN6O3S/c1-31-18-9-16-17(10-19(18)32-2)26-12-27-20(16)24-7-6-15-11-25-22(33-15)29-21(30)28-14-5-3-4-13(23)8-14/h3-5,8-12H,6-7H2,1-2H3,(H,24,26,27)(H2,25,28,29,30). The van der Waals surface area contributed by atoms with Gasteiger partial charge in [-0.2, -0.15) is 0 Å². The Labute approximate surface area is 196 Å². The highest BCUT2D eigenvalue weighted by Crippen LogP contribution is 2.33. The first-order chi connectivity index (χ1) is 16.1. The number of urea groups is 1. The summed E-state index contributed by atoms with van der Waals surface area (Å²) in [5.41, 5.74) is 1.94. The largest absolute Gasteiger partial charge is 0.493 e. The summed E-state index contributed by atoms with van der Waals surface area (Å²) in [5, 5.41) is 10.1. The summed E-state index contributed by atoms with van der Waals surface area (Å²) in [5.74, 6) is 1.92. The molecule has 3 N–H and O–H groups in total. The van der Waals surface area contributed by atoms with Gasteiger partial charge in [-0.1, -0.05) is 17.6 Å². The lowest BCUT2D eigenvalue weighted by atomic mass is 9.96. The van der Waals surface area contributed by atoms with Crippen molar-refractivity contribution in [3.63, 3.8) is 0 Å². The van der Waals surface area contributed by atoms with Gasteiger partial charge >= 0.3 is 6.03 Å². The van der Waals surface area contributed by atoms with E-state index in [1.165, 1.54) is 17.7 Å². The van der Waals surface area contributed by atoms with E-state index in [2.05, 4.69) is 30.9 Å². The molecule has 0 fully saturated rings. The quantitative estimate of drug-likeness (QED) is 0.347. The highest BCUT2D eigenvalue weighted by Gasteiger charge is 2.11. The zero-order valence-corrected chi connectivity index (χ0v) is 18.9. The first-order valence-electron chi connectivity index (χ1n) is 10.0. The summed E-state index contributed by atoms with van der Waals surface area (Å²) in [6, 6.07) is 10.3. The van der Waals surface area contributed by atoms with Gasteiger partial charge in [0.05, 0.1) is 19.7 Å². The number of amides is 2. The molecule has 2 aromatic carbocycles. The summed E-state index contributed by atoms with van der Waals surface area (Å²) in [7, 11) is 8.90. The first kappa shape index (κ1) is 22.3. The van der Waals surface area contributed by atoms with Crippen LogP contribution in [0.3, 0.4) is 0 Å². The van der Waals surface area contributed by atoms with Crippen LogP contribution in [-0.2, 0) is 6.42 Å². The van der Waals surface area contributed by atoms with Crippen molar-refractivity contribution in [1.82, 2.24) is 15.0 Å². The van der Waals surface area contributed by atoms with E-state index in [4.69, 9.17) is 17.3 Å². The molecule has 2 aromatic heterocycles. The number of rotatable bonds is 8. The van der Waals surface area contributed by atoms with Gasteiger partial charge in [0.1, 0.15) is 20.0 Å². The Morgan fingerprint density at radius 1 is 1.06 bits per heavy atom. The molecule has 33 heavy (non-hydrogen) atoms. The normalized spacial score (nSPS) is 10.6. The van der Waals surface area contributed by atoms with Gasteiger partial charge in [-0.15, -0.1) is 11.3 Å². The molecule has 9 nitrogen and oxygen atoms in total. The number of benzene rings is 2. The van der Waals surface area contributed by atoms with Crippen molar-refractivity contribution in [3.8, 4) is 11.5 Å². The number of methoxy groups -OCH3 is 2. The molecule has 2 amide bonds. The first-order valence-corrected chi connectivity index (χ1v) is 10.9. The minimum absolute atomic E-state index is 0.378. The molecule has 11 heteroatoms. The Morgan fingerprint density at radius 2 is 1.88 bits per heavy atom. The maximum atomic E-state index is 12.2. The molecule has 2 heterocycles. The maximum absolute atomic E-state index is 12.2. The van der Waals surface area contributed by atoms with Crippen LogP contribution in [0.15, 0.2) is 48.9 Å². The fourth-order valence-corrected chi connectivity index (χ4v) is 3.99. The monoisotopic (exact) mass is 460 g/mol. The van der Waals surface area contributed by atoms with E-state index in [9.17, 15) is 4.79 Å². The number of nitrogens with one attached hydrogen (secondary N) is 3. The Kier molecular flexibility index (Phi) is 6.89. The lowest BCUT2D eigenvalue weighted by molar-refractivity contribution is 0.262. The maximum Gasteiger partial charge on any atom is 0.325 e. The second-order valence-corrected chi connectivity index (χ2v) is 8.07. The molecule has 0 aliphatic rings. The Morgan fingerprint density at radius 3 is 2.67 bits per heavy atom. The lowest BCUT2D eigenvalue weighted by Gasteiger charge is -2.11. The van der Waals surface area contributed by atoms with Crippen molar-refractivity contribution < 1.29 is 14.3 Å². The van der Waals surface area contributed by atoms with Gasteiger partial charge in [-0.25, -0.2) is 19.7 Å². The van der Waals surface area contributed by atoms with Crippen LogP contribution in [0.1, 0.15) is 4.88 Å². The van der Waals surface area contributed by atoms with Crippen LogP contribution >= 0.6 is 11.3 Å². The molecule has 0 aliphatic carbocycles. The molecular weight excluding hydrogens is 439 g/mol. The van der Waals surface area contributed by atoms with Gasteiger partial charge in [-0.05, 0) is 18.2 Å². The summed E-state index contributed by atoms with van der Waals surface area (Å²) in [6.45, 7) is 0.623. The number of anilines is 3. The van der Waals surface area contributed by atoms with Gasteiger partial charge < -0.3 is 20.1 Å². The van der Waals surface area contributed by atoms with E-state index >= 15 is 0 Å². The van der Waals surface area contributed by atoms with Gasteiger partial charge in [0.2, 0.25) is 0 Å². The summed E-state index contributed by atoms with van der Waals surface area (Å²) >= 11 is 1.41. The Balaban J connectivity index is 1.35. The van der Waals surface area contributed by atoms with Gasteiger partial charge in [0.25, 0.3) is 0 Å². The number of hydrogen-bond acceptors (Lipinski definition) is 8. The smallest absolute Gasteiger partial charge is 0.325 e. The molecule has 0 bridgehead atoms.